The molecule has 0 aliphatic carbocycles. The highest BCUT2D eigenvalue weighted by atomic mass is 32.1. The minimum absolute atomic E-state index is 0.249. The van der Waals surface area contributed by atoms with Crippen LogP contribution in [0.4, 0.5) is 4.39 Å². The molecule has 1 atom stereocenters. The molecule has 3 rings (SSSR count). The molecule has 0 saturated heterocycles. The molecule has 2 aromatic heterocycles. The molecule has 0 N–H and O–H groups in total. The van der Waals surface area contributed by atoms with E-state index in [-0.39, 0.29) is 11.9 Å². The van der Waals surface area contributed by atoms with Gasteiger partial charge in [-0.05, 0) is 48.9 Å². The second kappa shape index (κ2) is 8.49. The Bertz CT molecular complexity index is 892. The molecule has 1 aromatic carbocycles. The van der Waals surface area contributed by atoms with E-state index in [2.05, 4.69) is 9.97 Å². The molecular formula is C20H17FN2O2S. The van der Waals surface area contributed by atoms with Crippen LogP contribution in [0.3, 0.4) is 0 Å². The van der Waals surface area contributed by atoms with Crippen LogP contribution in [0.2, 0.25) is 0 Å². The SMILES string of the molecule is CC(Cc1cccnc1)OC(=O)/C=C/c1csc(-c2ccc(F)cc2)n1. The fraction of sp³-hybridized carbons (Fsp3) is 0.150. The highest BCUT2D eigenvalue weighted by Crippen LogP contribution is 2.24. The highest BCUT2D eigenvalue weighted by Gasteiger charge is 2.09. The van der Waals surface area contributed by atoms with Gasteiger partial charge >= 0.3 is 5.97 Å². The second-order valence-corrected chi connectivity index (χ2v) is 6.59. The van der Waals surface area contributed by atoms with Crippen molar-refractivity contribution in [3.63, 3.8) is 0 Å². The third-order valence-electron chi connectivity index (χ3n) is 3.57. The Morgan fingerprint density at radius 2 is 2.12 bits per heavy atom. The van der Waals surface area contributed by atoms with Crippen molar-refractivity contribution in [2.24, 2.45) is 0 Å². The molecule has 26 heavy (non-hydrogen) atoms. The number of pyridine rings is 1. The van der Waals surface area contributed by atoms with E-state index in [4.69, 9.17) is 4.74 Å². The normalized spacial score (nSPS) is 12.2. The van der Waals surface area contributed by atoms with Crippen molar-refractivity contribution in [2.45, 2.75) is 19.4 Å². The number of benzene rings is 1. The first-order valence-electron chi connectivity index (χ1n) is 8.09. The van der Waals surface area contributed by atoms with Crippen LogP contribution in [0, 0.1) is 5.82 Å². The van der Waals surface area contributed by atoms with Crippen molar-refractivity contribution in [3.8, 4) is 10.6 Å². The summed E-state index contributed by atoms with van der Waals surface area (Å²) in [5.74, 6) is -0.703. The first-order valence-corrected chi connectivity index (χ1v) is 8.97. The van der Waals surface area contributed by atoms with Crippen LogP contribution in [0.1, 0.15) is 18.2 Å². The predicted molar refractivity (Wildman–Crippen MR) is 100 cm³/mol. The van der Waals surface area contributed by atoms with E-state index in [1.807, 2.05) is 24.4 Å². The van der Waals surface area contributed by atoms with Crippen molar-refractivity contribution < 1.29 is 13.9 Å². The van der Waals surface area contributed by atoms with Crippen LogP contribution in [0.25, 0.3) is 16.6 Å². The first kappa shape index (κ1) is 17.9. The molecule has 0 radical (unpaired) electrons. The number of carbonyl (C=O) groups excluding carboxylic acids is 1. The minimum Gasteiger partial charge on any atom is -0.459 e. The van der Waals surface area contributed by atoms with E-state index in [1.165, 1.54) is 29.5 Å². The average molecular weight is 368 g/mol. The van der Waals surface area contributed by atoms with Gasteiger partial charge in [-0.2, -0.15) is 0 Å². The van der Waals surface area contributed by atoms with Gasteiger partial charge in [0.2, 0.25) is 0 Å². The molecule has 0 fully saturated rings. The Kier molecular flexibility index (Phi) is 5.86. The number of halogens is 1. The number of thiazole rings is 1. The van der Waals surface area contributed by atoms with Gasteiger partial charge < -0.3 is 4.74 Å². The van der Waals surface area contributed by atoms with Crippen molar-refractivity contribution in [2.75, 3.05) is 0 Å². The summed E-state index contributed by atoms with van der Waals surface area (Å²) in [6.07, 6.45) is 6.80. The number of ether oxygens (including phenoxy) is 1. The first-order chi connectivity index (χ1) is 12.6. The number of nitrogens with zero attached hydrogens (tertiary/aromatic N) is 2. The molecule has 0 aliphatic heterocycles. The molecular weight excluding hydrogens is 351 g/mol. The lowest BCUT2D eigenvalue weighted by Crippen LogP contribution is -2.15. The molecule has 132 valence electrons. The van der Waals surface area contributed by atoms with E-state index in [1.54, 1.807) is 30.6 Å². The molecule has 3 aromatic rings. The van der Waals surface area contributed by atoms with Gasteiger partial charge in [-0.15, -0.1) is 11.3 Å². The van der Waals surface area contributed by atoms with Crippen molar-refractivity contribution in [3.05, 3.63) is 77.3 Å². The van der Waals surface area contributed by atoms with Crippen LogP contribution in [0.5, 0.6) is 0 Å². The van der Waals surface area contributed by atoms with E-state index in [0.717, 1.165) is 16.1 Å². The van der Waals surface area contributed by atoms with Crippen molar-refractivity contribution in [1.29, 1.82) is 0 Å². The van der Waals surface area contributed by atoms with Crippen LogP contribution >= 0.6 is 11.3 Å². The standard InChI is InChI=1S/C20H17FN2O2S/c1-14(11-15-3-2-10-22-12-15)25-19(24)9-8-18-13-26-20(23-18)16-4-6-17(21)7-5-16/h2-10,12-14H,11H2,1H3/b9-8+. The molecule has 0 saturated carbocycles. The van der Waals surface area contributed by atoms with E-state index in [9.17, 15) is 9.18 Å². The summed E-state index contributed by atoms with van der Waals surface area (Å²) in [6.45, 7) is 1.84. The van der Waals surface area contributed by atoms with Gasteiger partial charge in [0.1, 0.15) is 16.9 Å². The van der Waals surface area contributed by atoms with Gasteiger partial charge in [0.25, 0.3) is 0 Å². The smallest absolute Gasteiger partial charge is 0.331 e. The zero-order chi connectivity index (χ0) is 18.4. The number of rotatable bonds is 6. The van der Waals surface area contributed by atoms with Gasteiger partial charge in [0, 0.05) is 35.8 Å². The summed E-state index contributed by atoms with van der Waals surface area (Å²) < 4.78 is 18.3. The molecule has 0 spiro atoms. The second-order valence-electron chi connectivity index (χ2n) is 5.73. The van der Waals surface area contributed by atoms with Gasteiger partial charge in [-0.25, -0.2) is 14.2 Å². The van der Waals surface area contributed by atoms with Gasteiger partial charge in [0.15, 0.2) is 0 Å². The monoisotopic (exact) mass is 368 g/mol. The maximum atomic E-state index is 13.0. The fourth-order valence-corrected chi connectivity index (χ4v) is 3.17. The van der Waals surface area contributed by atoms with Crippen LogP contribution < -0.4 is 0 Å². The lowest BCUT2D eigenvalue weighted by molar-refractivity contribution is -0.141. The maximum absolute atomic E-state index is 13.0. The number of carbonyl (C=O) groups is 1. The third-order valence-corrected chi connectivity index (χ3v) is 4.48. The van der Waals surface area contributed by atoms with Gasteiger partial charge in [-0.3, -0.25) is 4.98 Å². The molecule has 1 unspecified atom stereocenters. The molecule has 0 amide bonds. The quantitative estimate of drug-likeness (QED) is 0.474. The Morgan fingerprint density at radius 1 is 1.31 bits per heavy atom. The van der Waals surface area contributed by atoms with Gasteiger partial charge in [0.05, 0.1) is 5.69 Å². The fourth-order valence-electron chi connectivity index (χ4n) is 2.37. The van der Waals surface area contributed by atoms with Crippen LogP contribution in [0.15, 0.2) is 60.2 Å². The average Bonchev–Trinajstić information content (AvgIpc) is 3.10. The maximum Gasteiger partial charge on any atom is 0.331 e. The number of esters is 1. The Hall–Kier alpha value is -2.86. The largest absolute Gasteiger partial charge is 0.459 e. The summed E-state index contributed by atoms with van der Waals surface area (Å²) in [5, 5.41) is 2.60. The Balaban J connectivity index is 1.56. The van der Waals surface area contributed by atoms with Crippen LogP contribution in [-0.2, 0) is 16.0 Å². The van der Waals surface area contributed by atoms with E-state index in [0.29, 0.717) is 12.1 Å². The summed E-state index contributed by atoms with van der Waals surface area (Å²) in [4.78, 5) is 20.4. The minimum atomic E-state index is -0.419. The molecule has 0 bridgehead atoms. The zero-order valence-electron chi connectivity index (χ0n) is 14.1. The summed E-state index contributed by atoms with van der Waals surface area (Å²) in [6, 6.07) is 9.94. The topological polar surface area (TPSA) is 52.1 Å². The zero-order valence-corrected chi connectivity index (χ0v) is 14.9. The lowest BCUT2D eigenvalue weighted by atomic mass is 10.1. The van der Waals surface area contributed by atoms with E-state index < -0.39 is 5.97 Å². The molecule has 6 heteroatoms. The number of hydrogen-bond donors (Lipinski definition) is 0. The van der Waals surface area contributed by atoms with Crippen molar-refractivity contribution in [1.82, 2.24) is 9.97 Å². The molecule has 2 heterocycles. The molecule has 0 aliphatic rings. The summed E-state index contributed by atoms with van der Waals surface area (Å²) >= 11 is 1.43. The number of hydrogen-bond acceptors (Lipinski definition) is 5. The highest BCUT2D eigenvalue weighted by molar-refractivity contribution is 7.13. The Morgan fingerprint density at radius 3 is 2.85 bits per heavy atom. The summed E-state index contributed by atoms with van der Waals surface area (Å²) in [7, 11) is 0. The third kappa shape index (κ3) is 5.07. The molecule has 4 nitrogen and oxygen atoms in total. The van der Waals surface area contributed by atoms with Crippen molar-refractivity contribution >= 4 is 23.4 Å². The predicted octanol–water partition coefficient (Wildman–Crippen LogP) is 4.53. The van der Waals surface area contributed by atoms with Gasteiger partial charge in [-0.1, -0.05) is 6.07 Å². The summed E-state index contributed by atoms with van der Waals surface area (Å²) in [5.41, 5.74) is 2.51. The Labute approximate surface area is 155 Å². The van der Waals surface area contributed by atoms with Crippen LogP contribution in [-0.4, -0.2) is 22.0 Å². The van der Waals surface area contributed by atoms with E-state index >= 15 is 0 Å². The lowest BCUT2D eigenvalue weighted by Gasteiger charge is -2.11. The number of aromatic nitrogens is 2.